The molecule has 0 aliphatic carbocycles. The Morgan fingerprint density at radius 3 is 2.71 bits per heavy atom. The summed E-state index contributed by atoms with van der Waals surface area (Å²) < 4.78 is 0. The fraction of sp³-hybridized carbons (Fsp3) is 0.250. The molecular weight excluding hydrogens is 190 g/mol. The third-order valence-electron chi connectivity index (χ3n) is 1.69. The highest BCUT2D eigenvalue weighted by molar-refractivity contribution is 8.10. The van der Waals surface area contributed by atoms with Crippen LogP contribution in [-0.2, 0) is 0 Å². The molecule has 0 aliphatic rings. The maximum absolute atomic E-state index is 4.01. The summed E-state index contributed by atoms with van der Waals surface area (Å²) in [5, 5.41) is 2.10. The van der Waals surface area contributed by atoms with Gasteiger partial charge in [-0.25, -0.2) is 0 Å². The van der Waals surface area contributed by atoms with Gasteiger partial charge in [-0.3, -0.25) is 4.98 Å². The van der Waals surface area contributed by atoms with Crippen molar-refractivity contribution >= 4 is 16.7 Å². The monoisotopic (exact) mass is 205 g/mol. The standard InChI is InChI=1S/C12H15NS/c1-3-5-12(14-10-4-2)11-6-8-13-9-7-11/h4-10H,3H2,1-2H3/b10-4-,12-5+. The molecule has 0 amide bonds. The minimum Gasteiger partial charge on any atom is -0.265 e. The number of thioether (sulfide) groups is 1. The van der Waals surface area contributed by atoms with E-state index in [1.54, 1.807) is 11.8 Å². The van der Waals surface area contributed by atoms with Crippen LogP contribution in [0.25, 0.3) is 4.91 Å². The van der Waals surface area contributed by atoms with Crippen LogP contribution < -0.4 is 0 Å². The number of hydrogen-bond donors (Lipinski definition) is 0. The largest absolute Gasteiger partial charge is 0.265 e. The normalized spacial score (nSPS) is 12.3. The van der Waals surface area contributed by atoms with E-state index in [2.05, 4.69) is 29.5 Å². The van der Waals surface area contributed by atoms with E-state index in [0.29, 0.717) is 0 Å². The minimum atomic E-state index is 1.06. The Morgan fingerprint density at radius 1 is 1.43 bits per heavy atom. The van der Waals surface area contributed by atoms with E-state index in [1.165, 1.54) is 10.5 Å². The van der Waals surface area contributed by atoms with Gasteiger partial charge in [0.05, 0.1) is 0 Å². The molecule has 0 aliphatic heterocycles. The highest BCUT2D eigenvalue weighted by Gasteiger charge is 1.98. The molecule has 0 radical (unpaired) electrons. The van der Waals surface area contributed by atoms with Crippen LogP contribution in [0.4, 0.5) is 0 Å². The molecule has 2 heteroatoms. The Balaban J connectivity index is 2.84. The second-order valence-corrected chi connectivity index (χ2v) is 3.75. The average Bonchev–Trinajstić information content (AvgIpc) is 2.25. The topological polar surface area (TPSA) is 12.9 Å². The van der Waals surface area contributed by atoms with E-state index in [-0.39, 0.29) is 0 Å². The fourth-order valence-electron chi connectivity index (χ4n) is 1.08. The van der Waals surface area contributed by atoms with Crippen molar-refractivity contribution in [2.45, 2.75) is 20.3 Å². The lowest BCUT2D eigenvalue weighted by atomic mass is 10.2. The van der Waals surface area contributed by atoms with E-state index < -0.39 is 0 Å². The Morgan fingerprint density at radius 2 is 2.14 bits per heavy atom. The fourth-order valence-corrected chi connectivity index (χ4v) is 1.89. The van der Waals surface area contributed by atoms with Gasteiger partial charge in [0.25, 0.3) is 0 Å². The predicted octanol–water partition coefficient (Wildman–Crippen LogP) is 4.10. The second kappa shape index (κ2) is 6.44. The Labute approximate surface area is 89.9 Å². The van der Waals surface area contributed by atoms with Gasteiger partial charge >= 0.3 is 0 Å². The number of hydrogen-bond acceptors (Lipinski definition) is 2. The molecule has 0 atom stereocenters. The minimum absolute atomic E-state index is 1.06. The summed E-state index contributed by atoms with van der Waals surface area (Å²) in [5.74, 6) is 0. The van der Waals surface area contributed by atoms with Crippen molar-refractivity contribution in [3.63, 3.8) is 0 Å². The van der Waals surface area contributed by atoms with Crippen molar-refractivity contribution in [3.05, 3.63) is 47.6 Å². The van der Waals surface area contributed by atoms with Crippen LogP contribution in [0.2, 0.25) is 0 Å². The number of pyridine rings is 1. The van der Waals surface area contributed by atoms with Gasteiger partial charge < -0.3 is 0 Å². The van der Waals surface area contributed by atoms with Crippen molar-refractivity contribution in [2.24, 2.45) is 0 Å². The van der Waals surface area contributed by atoms with E-state index in [1.807, 2.05) is 31.5 Å². The number of rotatable bonds is 4. The van der Waals surface area contributed by atoms with Gasteiger partial charge in [0.15, 0.2) is 0 Å². The van der Waals surface area contributed by atoms with Gasteiger partial charge in [-0.2, -0.15) is 0 Å². The highest BCUT2D eigenvalue weighted by Crippen LogP contribution is 2.28. The third kappa shape index (κ3) is 3.38. The number of aromatic nitrogens is 1. The van der Waals surface area contributed by atoms with E-state index in [4.69, 9.17) is 0 Å². The molecule has 14 heavy (non-hydrogen) atoms. The molecule has 0 N–H and O–H groups in total. The van der Waals surface area contributed by atoms with Crippen LogP contribution in [0.5, 0.6) is 0 Å². The second-order valence-electron chi connectivity index (χ2n) is 2.80. The zero-order valence-corrected chi connectivity index (χ0v) is 9.42. The van der Waals surface area contributed by atoms with Crippen molar-refractivity contribution in [1.29, 1.82) is 0 Å². The molecular formula is C12H15NS. The molecule has 1 rings (SSSR count). The van der Waals surface area contributed by atoms with E-state index >= 15 is 0 Å². The molecule has 0 unspecified atom stereocenters. The smallest absolute Gasteiger partial charge is 0.0274 e. The molecule has 1 heterocycles. The molecule has 1 aromatic heterocycles. The van der Waals surface area contributed by atoms with Gasteiger partial charge in [0.2, 0.25) is 0 Å². The van der Waals surface area contributed by atoms with Crippen LogP contribution >= 0.6 is 11.8 Å². The molecule has 1 nitrogen and oxygen atoms in total. The first-order valence-corrected chi connectivity index (χ1v) is 5.64. The zero-order valence-electron chi connectivity index (χ0n) is 8.60. The first-order valence-electron chi connectivity index (χ1n) is 4.76. The zero-order chi connectivity index (χ0) is 10.2. The molecule has 0 saturated heterocycles. The predicted molar refractivity (Wildman–Crippen MR) is 64.9 cm³/mol. The lowest BCUT2D eigenvalue weighted by molar-refractivity contribution is 1.23. The van der Waals surface area contributed by atoms with Gasteiger partial charge in [-0.05, 0) is 36.4 Å². The van der Waals surface area contributed by atoms with Crippen LogP contribution in [0.1, 0.15) is 25.8 Å². The van der Waals surface area contributed by atoms with Crippen molar-refractivity contribution < 1.29 is 0 Å². The Kier molecular flexibility index (Phi) is 5.08. The summed E-state index contributed by atoms with van der Waals surface area (Å²) in [6.07, 6.45) is 9.00. The molecule has 74 valence electrons. The molecule has 0 spiro atoms. The van der Waals surface area contributed by atoms with Gasteiger partial charge in [0.1, 0.15) is 0 Å². The highest BCUT2D eigenvalue weighted by atomic mass is 32.2. The Bertz CT molecular complexity index is 314. The van der Waals surface area contributed by atoms with Crippen LogP contribution in [0.3, 0.4) is 0 Å². The summed E-state index contributed by atoms with van der Waals surface area (Å²) in [6, 6.07) is 4.08. The molecule has 0 saturated carbocycles. The molecule has 1 aromatic rings. The maximum Gasteiger partial charge on any atom is 0.0274 e. The third-order valence-corrected chi connectivity index (χ3v) is 2.75. The molecule has 0 aromatic carbocycles. The van der Waals surface area contributed by atoms with Gasteiger partial charge in [0, 0.05) is 17.3 Å². The van der Waals surface area contributed by atoms with E-state index in [9.17, 15) is 0 Å². The quantitative estimate of drug-likeness (QED) is 0.734. The summed E-state index contributed by atoms with van der Waals surface area (Å²) in [6.45, 7) is 4.18. The number of nitrogens with zero attached hydrogens (tertiary/aromatic N) is 1. The van der Waals surface area contributed by atoms with Crippen molar-refractivity contribution in [1.82, 2.24) is 4.98 Å². The van der Waals surface area contributed by atoms with Crippen LogP contribution in [0, 0.1) is 0 Å². The summed E-state index contributed by atoms with van der Waals surface area (Å²) in [5.41, 5.74) is 1.24. The summed E-state index contributed by atoms with van der Waals surface area (Å²) >= 11 is 1.75. The van der Waals surface area contributed by atoms with Crippen LogP contribution in [-0.4, -0.2) is 4.98 Å². The number of allylic oxidation sites excluding steroid dienone is 2. The Hall–Kier alpha value is -1.02. The summed E-state index contributed by atoms with van der Waals surface area (Å²) in [4.78, 5) is 5.31. The molecule has 0 fully saturated rings. The molecule has 0 bridgehead atoms. The van der Waals surface area contributed by atoms with Crippen molar-refractivity contribution in [2.75, 3.05) is 0 Å². The SMILES string of the molecule is C/C=C\S/C(=C/CC)c1ccncc1. The first-order chi connectivity index (χ1) is 6.88. The van der Waals surface area contributed by atoms with Crippen LogP contribution in [0.15, 0.2) is 42.1 Å². The lowest BCUT2D eigenvalue weighted by Gasteiger charge is -2.03. The maximum atomic E-state index is 4.01. The lowest BCUT2D eigenvalue weighted by Crippen LogP contribution is -1.79. The van der Waals surface area contributed by atoms with Crippen molar-refractivity contribution in [3.8, 4) is 0 Å². The average molecular weight is 205 g/mol. The first kappa shape index (κ1) is 11.1. The summed E-state index contributed by atoms with van der Waals surface area (Å²) in [7, 11) is 0. The van der Waals surface area contributed by atoms with Gasteiger partial charge in [-0.15, -0.1) is 0 Å². The van der Waals surface area contributed by atoms with E-state index in [0.717, 1.165) is 6.42 Å². The van der Waals surface area contributed by atoms with Gasteiger partial charge in [-0.1, -0.05) is 30.8 Å².